The quantitative estimate of drug-likeness (QED) is 0.810. The van der Waals surface area contributed by atoms with E-state index in [0.717, 1.165) is 12.8 Å². The number of nitrogens with one attached hydrogen (secondary N) is 1. The van der Waals surface area contributed by atoms with Crippen molar-refractivity contribution in [2.45, 2.75) is 51.2 Å². The standard InChI is InChI=1S/C18H24FN5/c1-12(19)16-22-17(20)24-18(23-16)21-15(14-8-5-9-14)11-10-13-6-3-2-4-7-13/h2-4,6-7,12,14-15H,5,8-11H2,1H3,(H3,20,21,22,23,24). The SMILES string of the molecule is CC(F)c1nc(N)nc(NC(CCc2ccccc2)C2CCC2)n1. The first kappa shape index (κ1) is 16.6. The summed E-state index contributed by atoms with van der Waals surface area (Å²) in [7, 11) is 0. The first-order valence-corrected chi connectivity index (χ1v) is 8.58. The van der Waals surface area contributed by atoms with Gasteiger partial charge in [-0.05, 0) is 44.1 Å². The summed E-state index contributed by atoms with van der Waals surface area (Å²) < 4.78 is 13.5. The van der Waals surface area contributed by atoms with Crippen LogP contribution < -0.4 is 11.1 Å². The van der Waals surface area contributed by atoms with Crippen LogP contribution in [0.3, 0.4) is 0 Å². The maximum atomic E-state index is 13.5. The number of anilines is 2. The fourth-order valence-corrected chi connectivity index (χ4v) is 3.05. The molecule has 0 bridgehead atoms. The van der Waals surface area contributed by atoms with Gasteiger partial charge < -0.3 is 11.1 Å². The van der Waals surface area contributed by atoms with Gasteiger partial charge in [-0.25, -0.2) is 4.39 Å². The lowest BCUT2D eigenvalue weighted by Crippen LogP contribution is -2.35. The van der Waals surface area contributed by atoms with Crippen molar-refractivity contribution in [1.82, 2.24) is 15.0 Å². The van der Waals surface area contributed by atoms with Gasteiger partial charge in [0.2, 0.25) is 11.9 Å². The zero-order chi connectivity index (χ0) is 16.9. The van der Waals surface area contributed by atoms with Gasteiger partial charge in [0.05, 0.1) is 0 Å². The molecule has 3 rings (SSSR count). The lowest BCUT2D eigenvalue weighted by molar-refractivity contribution is 0.265. The van der Waals surface area contributed by atoms with E-state index in [9.17, 15) is 4.39 Å². The molecule has 1 aliphatic carbocycles. The highest BCUT2D eigenvalue weighted by molar-refractivity contribution is 5.33. The highest BCUT2D eigenvalue weighted by Gasteiger charge is 2.28. The molecule has 1 fully saturated rings. The van der Waals surface area contributed by atoms with Crippen LogP contribution in [0.1, 0.15) is 50.2 Å². The van der Waals surface area contributed by atoms with Gasteiger partial charge in [0, 0.05) is 6.04 Å². The molecular formula is C18H24FN5. The minimum Gasteiger partial charge on any atom is -0.368 e. The van der Waals surface area contributed by atoms with E-state index < -0.39 is 6.17 Å². The third-order valence-corrected chi connectivity index (χ3v) is 4.65. The lowest BCUT2D eigenvalue weighted by Gasteiger charge is -2.34. The molecule has 0 radical (unpaired) electrons. The maximum Gasteiger partial charge on any atom is 0.228 e. The highest BCUT2D eigenvalue weighted by Crippen LogP contribution is 2.33. The summed E-state index contributed by atoms with van der Waals surface area (Å²) >= 11 is 0. The van der Waals surface area contributed by atoms with Gasteiger partial charge in [-0.3, -0.25) is 0 Å². The Morgan fingerprint density at radius 3 is 2.58 bits per heavy atom. The second-order valence-electron chi connectivity index (χ2n) is 6.46. The van der Waals surface area contributed by atoms with Crippen LogP contribution in [-0.4, -0.2) is 21.0 Å². The van der Waals surface area contributed by atoms with Gasteiger partial charge in [0.25, 0.3) is 0 Å². The predicted molar refractivity (Wildman–Crippen MR) is 93.3 cm³/mol. The number of benzene rings is 1. The molecule has 1 aromatic heterocycles. The molecule has 6 heteroatoms. The molecule has 0 amide bonds. The van der Waals surface area contributed by atoms with Crippen LogP contribution in [-0.2, 0) is 6.42 Å². The summed E-state index contributed by atoms with van der Waals surface area (Å²) in [6.45, 7) is 1.40. The number of hydrogen-bond acceptors (Lipinski definition) is 5. The minimum atomic E-state index is -1.26. The van der Waals surface area contributed by atoms with E-state index in [0.29, 0.717) is 11.9 Å². The van der Waals surface area contributed by atoms with E-state index in [1.54, 1.807) is 0 Å². The van der Waals surface area contributed by atoms with E-state index in [2.05, 4.69) is 44.5 Å². The van der Waals surface area contributed by atoms with Crippen LogP contribution in [0.5, 0.6) is 0 Å². The van der Waals surface area contributed by atoms with Crippen molar-refractivity contribution in [3.63, 3.8) is 0 Å². The Hall–Kier alpha value is -2.24. The average Bonchev–Trinajstić information content (AvgIpc) is 2.51. The Balaban J connectivity index is 1.70. The molecule has 2 aromatic rings. The van der Waals surface area contributed by atoms with Crippen molar-refractivity contribution >= 4 is 11.9 Å². The fourth-order valence-electron chi connectivity index (χ4n) is 3.05. The van der Waals surface area contributed by atoms with Crippen molar-refractivity contribution in [3.8, 4) is 0 Å². The van der Waals surface area contributed by atoms with E-state index in [4.69, 9.17) is 5.73 Å². The Kier molecular flexibility index (Phi) is 5.23. The van der Waals surface area contributed by atoms with Gasteiger partial charge in [0.1, 0.15) is 0 Å². The summed E-state index contributed by atoms with van der Waals surface area (Å²) in [5.41, 5.74) is 7.01. The summed E-state index contributed by atoms with van der Waals surface area (Å²) in [4.78, 5) is 12.2. The number of nitrogens with zero attached hydrogens (tertiary/aromatic N) is 3. The van der Waals surface area contributed by atoms with E-state index in [1.165, 1.54) is 31.7 Å². The number of alkyl halides is 1. The number of aromatic nitrogens is 3. The third-order valence-electron chi connectivity index (χ3n) is 4.65. The number of hydrogen-bond donors (Lipinski definition) is 2. The molecule has 5 nitrogen and oxygen atoms in total. The Bertz CT molecular complexity index is 658. The normalized spacial score (nSPS) is 17.1. The number of halogens is 1. The molecule has 3 N–H and O–H groups in total. The smallest absolute Gasteiger partial charge is 0.228 e. The summed E-state index contributed by atoms with van der Waals surface area (Å²) in [5.74, 6) is 1.13. The molecule has 0 saturated heterocycles. The van der Waals surface area contributed by atoms with Gasteiger partial charge >= 0.3 is 0 Å². The molecule has 0 spiro atoms. The predicted octanol–water partition coefficient (Wildman–Crippen LogP) is 3.70. The molecule has 1 aliphatic rings. The molecular weight excluding hydrogens is 305 g/mol. The second-order valence-corrected chi connectivity index (χ2v) is 6.46. The largest absolute Gasteiger partial charge is 0.368 e. The van der Waals surface area contributed by atoms with Gasteiger partial charge in [-0.2, -0.15) is 15.0 Å². The molecule has 24 heavy (non-hydrogen) atoms. The maximum absolute atomic E-state index is 13.5. The number of rotatable bonds is 7. The second kappa shape index (κ2) is 7.55. The van der Waals surface area contributed by atoms with Crippen molar-refractivity contribution < 1.29 is 4.39 Å². The topological polar surface area (TPSA) is 76.7 Å². The first-order valence-electron chi connectivity index (χ1n) is 8.58. The minimum absolute atomic E-state index is 0.0578. The number of nitrogen functional groups attached to an aromatic ring is 1. The van der Waals surface area contributed by atoms with Crippen LogP contribution >= 0.6 is 0 Å². The van der Waals surface area contributed by atoms with Gasteiger partial charge in [-0.15, -0.1) is 0 Å². The van der Waals surface area contributed by atoms with Crippen LogP contribution in [0.15, 0.2) is 30.3 Å². The van der Waals surface area contributed by atoms with Gasteiger partial charge in [-0.1, -0.05) is 36.8 Å². The van der Waals surface area contributed by atoms with Crippen LogP contribution in [0, 0.1) is 5.92 Å². The molecule has 0 aliphatic heterocycles. The van der Waals surface area contributed by atoms with Crippen molar-refractivity contribution in [2.75, 3.05) is 11.1 Å². The van der Waals surface area contributed by atoms with Gasteiger partial charge in [0.15, 0.2) is 12.0 Å². The Labute approximate surface area is 141 Å². The zero-order valence-electron chi connectivity index (χ0n) is 14.0. The molecule has 1 heterocycles. The van der Waals surface area contributed by atoms with Crippen molar-refractivity contribution in [2.24, 2.45) is 5.92 Å². The fraction of sp³-hybridized carbons (Fsp3) is 0.500. The average molecular weight is 329 g/mol. The third kappa shape index (κ3) is 4.19. The summed E-state index contributed by atoms with van der Waals surface area (Å²) in [6.07, 6.45) is 4.39. The van der Waals surface area contributed by atoms with Crippen LogP contribution in [0.2, 0.25) is 0 Å². The number of nitrogens with two attached hydrogens (primary N) is 1. The molecule has 1 saturated carbocycles. The van der Waals surface area contributed by atoms with E-state index in [-0.39, 0.29) is 17.8 Å². The summed E-state index contributed by atoms with van der Waals surface area (Å²) in [6, 6.07) is 10.7. The molecule has 1 aromatic carbocycles. The van der Waals surface area contributed by atoms with Crippen LogP contribution in [0.4, 0.5) is 16.3 Å². The molecule has 2 unspecified atom stereocenters. The lowest BCUT2D eigenvalue weighted by atomic mass is 9.78. The first-order chi connectivity index (χ1) is 11.6. The monoisotopic (exact) mass is 329 g/mol. The van der Waals surface area contributed by atoms with E-state index in [1.807, 2.05) is 6.07 Å². The highest BCUT2D eigenvalue weighted by atomic mass is 19.1. The number of aryl methyl sites for hydroxylation is 1. The zero-order valence-corrected chi connectivity index (χ0v) is 14.0. The van der Waals surface area contributed by atoms with E-state index >= 15 is 0 Å². The van der Waals surface area contributed by atoms with Crippen LogP contribution in [0.25, 0.3) is 0 Å². The Morgan fingerprint density at radius 2 is 1.96 bits per heavy atom. The summed E-state index contributed by atoms with van der Waals surface area (Å²) in [5, 5.41) is 3.38. The molecule has 128 valence electrons. The van der Waals surface area contributed by atoms with Crippen molar-refractivity contribution in [1.29, 1.82) is 0 Å². The molecule has 2 atom stereocenters. The Morgan fingerprint density at radius 1 is 1.21 bits per heavy atom. The van der Waals surface area contributed by atoms with Crippen molar-refractivity contribution in [3.05, 3.63) is 41.7 Å².